The number of carbonyl (C=O) groups excluding carboxylic acids is 3. The highest BCUT2D eigenvalue weighted by molar-refractivity contribution is 5.71. The van der Waals surface area contributed by atoms with Crippen molar-refractivity contribution in [2.24, 2.45) is 0 Å². The van der Waals surface area contributed by atoms with Gasteiger partial charge in [0.15, 0.2) is 6.10 Å². The highest BCUT2D eigenvalue weighted by Gasteiger charge is 2.19. The first-order valence-corrected chi connectivity index (χ1v) is 29.4. The average molecular weight is 986 g/mol. The fourth-order valence-corrected chi connectivity index (χ4v) is 7.89. The van der Waals surface area contributed by atoms with E-state index in [9.17, 15) is 14.4 Å². The van der Waals surface area contributed by atoms with Crippen molar-refractivity contribution in [2.45, 2.75) is 271 Å². The fourth-order valence-electron chi connectivity index (χ4n) is 7.89. The van der Waals surface area contributed by atoms with Crippen LogP contribution in [0.25, 0.3) is 0 Å². The van der Waals surface area contributed by atoms with Crippen LogP contribution in [0.1, 0.15) is 265 Å². The molecule has 0 radical (unpaired) electrons. The molecule has 0 heterocycles. The van der Waals surface area contributed by atoms with Crippen LogP contribution in [0.5, 0.6) is 0 Å². The van der Waals surface area contributed by atoms with Gasteiger partial charge in [0.05, 0.1) is 0 Å². The summed E-state index contributed by atoms with van der Waals surface area (Å²) in [7, 11) is 0. The topological polar surface area (TPSA) is 78.9 Å². The molecule has 0 rings (SSSR count). The van der Waals surface area contributed by atoms with Gasteiger partial charge in [0.1, 0.15) is 13.2 Å². The van der Waals surface area contributed by atoms with E-state index >= 15 is 0 Å². The maximum atomic E-state index is 12.9. The van der Waals surface area contributed by atoms with Crippen molar-refractivity contribution >= 4 is 17.9 Å². The molecule has 0 aromatic rings. The summed E-state index contributed by atoms with van der Waals surface area (Å²) >= 11 is 0. The summed E-state index contributed by atoms with van der Waals surface area (Å²) in [6.07, 6.45) is 79.3. The lowest BCUT2D eigenvalue weighted by molar-refractivity contribution is -0.167. The summed E-state index contributed by atoms with van der Waals surface area (Å²) in [6.45, 7) is 6.38. The molecule has 0 spiro atoms. The molecule has 0 aliphatic heterocycles. The SMILES string of the molecule is CC/C=C\C/C=C\C/C=C\C/C=C\C/C=C\CCCCCCCC(=O)OCC(COC(=O)CCCCCCC/C=C\C/C=C\C/C=C\CC)OC(=O)CCCCCCCCC/C=C\CCCCCCCC. The summed E-state index contributed by atoms with van der Waals surface area (Å²) in [6, 6.07) is 0. The van der Waals surface area contributed by atoms with Gasteiger partial charge >= 0.3 is 17.9 Å². The summed E-state index contributed by atoms with van der Waals surface area (Å²) < 4.78 is 16.9. The molecule has 71 heavy (non-hydrogen) atoms. The molecule has 0 aliphatic rings. The first kappa shape index (κ1) is 67.1. The molecule has 1 atom stereocenters. The fraction of sp³-hybridized carbons (Fsp3) is 0.677. The van der Waals surface area contributed by atoms with E-state index in [1.54, 1.807) is 0 Å². The largest absolute Gasteiger partial charge is 0.462 e. The molecule has 6 heteroatoms. The first-order chi connectivity index (χ1) is 35.0. The maximum absolute atomic E-state index is 12.9. The van der Waals surface area contributed by atoms with Crippen LogP contribution < -0.4 is 0 Å². The van der Waals surface area contributed by atoms with E-state index in [0.717, 1.165) is 148 Å². The van der Waals surface area contributed by atoms with Crippen molar-refractivity contribution in [2.75, 3.05) is 13.2 Å². The molecule has 0 N–H and O–H groups in total. The molecule has 0 saturated heterocycles. The molecule has 0 aliphatic carbocycles. The minimum atomic E-state index is -0.798. The summed E-state index contributed by atoms with van der Waals surface area (Å²) in [5, 5.41) is 0. The normalized spacial score (nSPS) is 12.9. The van der Waals surface area contributed by atoms with Crippen LogP contribution >= 0.6 is 0 Å². The number of hydrogen-bond donors (Lipinski definition) is 0. The number of carbonyl (C=O) groups is 3. The number of ether oxygens (including phenoxy) is 3. The third-order valence-corrected chi connectivity index (χ3v) is 12.2. The third-order valence-electron chi connectivity index (χ3n) is 12.2. The lowest BCUT2D eigenvalue weighted by atomic mass is 10.1. The lowest BCUT2D eigenvalue weighted by Crippen LogP contribution is -2.30. The molecule has 0 aromatic carbocycles. The van der Waals surface area contributed by atoms with E-state index < -0.39 is 6.10 Å². The van der Waals surface area contributed by atoms with Crippen LogP contribution in [0, 0.1) is 0 Å². The molecule has 0 amide bonds. The van der Waals surface area contributed by atoms with Crippen LogP contribution in [0.15, 0.2) is 109 Å². The molecule has 404 valence electrons. The Morgan fingerprint density at radius 3 is 0.873 bits per heavy atom. The highest BCUT2D eigenvalue weighted by Crippen LogP contribution is 2.14. The van der Waals surface area contributed by atoms with Gasteiger partial charge in [0.25, 0.3) is 0 Å². The van der Waals surface area contributed by atoms with Crippen molar-refractivity contribution in [3.05, 3.63) is 109 Å². The number of hydrogen-bond acceptors (Lipinski definition) is 6. The van der Waals surface area contributed by atoms with E-state index in [2.05, 4.69) is 130 Å². The Bertz CT molecular complexity index is 1460. The smallest absolute Gasteiger partial charge is 0.306 e. The predicted molar refractivity (Wildman–Crippen MR) is 307 cm³/mol. The zero-order valence-electron chi connectivity index (χ0n) is 46.2. The van der Waals surface area contributed by atoms with Gasteiger partial charge in [-0.05, 0) is 122 Å². The van der Waals surface area contributed by atoms with Gasteiger partial charge in [-0.25, -0.2) is 0 Å². The van der Waals surface area contributed by atoms with E-state index in [0.29, 0.717) is 19.3 Å². The predicted octanol–water partition coefficient (Wildman–Crippen LogP) is 19.9. The molecule has 0 aromatic heterocycles. The van der Waals surface area contributed by atoms with Gasteiger partial charge in [-0.3, -0.25) is 14.4 Å². The Morgan fingerprint density at radius 1 is 0.296 bits per heavy atom. The van der Waals surface area contributed by atoms with Gasteiger partial charge in [-0.15, -0.1) is 0 Å². The summed E-state index contributed by atoms with van der Waals surface area (Å²) in [5.74, 6) is -0.933. The molecule has 0 fully saturated rings. The Hall–Kier alpha value is -3.93. The van der Waals surface area contributed by atoms with E-state index in [1.807, 2.05) is 0 Å². The number of unbranched alkanes of at least 4 members (excludes halogenated alkanes) is 23. The van der Waals surface area contributed by atoms with E-state index in [4.69, 9.17) is 14.2 Å². The Morgan fingerprint density at radius 2 is 0.549 bits per heavy atom. The minimum absolute atomic E-state index is 0.0963. The van der Waals surface area contributed by atoms with Crippen molar-refractivity contribution in [1.82, 2.24) is 0 Å². The van der Waals surface area contributed by atoms with Crippen molar-refractivity contribution in [3.63, 3.8) is 0 Å². The van der Waals surface area contributed by atoms with Crippen LogP contribution in [0.2, 0.25) is 0 Å². The molecular weight excluding hydrogens is 877 g/mol. The van der Waals surface area contributed by atoms with Crippen molar-refractivity contribution < 1.29 is 28.6 Å². The van der Waals surface area contributed by atoms with Crippen LogP contribution in [-0.4, -0.2) is 37.2 Å². The van der Waals surface area contributed by atoms with Gasteiger partial charge < -0.3 is 14.2 Å². The van der Waals surface area contributed by atoms with Gasteiger partial charge in [0.2, 0.25) is 0 Å². The number of rotatable bonds is 52. The maximum Gasteiger partial charge on any atom is 0.306 e. The van der Waals surface area contributed by atoms with E-state index in [-0.39, 0.29) is 31.1 Å². The van der Waals surface area contributed by atoms with Gasteiger partial charge in [-0.1, -0.05) is 233 Å². The Kier molecular flexibility index (Phi) is 55.4. The number of esters is 3. The summed E-state index contributed by atoms with van der Waals surface area (Å²) in [5.41, 5.74) is 0. The second-order valence-electron chi connectivity index (χ2n) is 19.1. The zero-order chi connectivity index (χ0) is 51.4. The Balaban J connectivity index is 4.45. The van der Waals surface area contributed by atoms with Crippen molar-refractivity contribution in [1.29, 1.82) is 0 Å². The quantitative estimate of drug-likeness (QED) is 0.0261. The first-order valence-electron chi connectivity index (χ1n) is 29.4. The Labute approximate surface area is 438 Å². The molecule has 0 saturated carbocycles. The second kappa shape index (κ2) is 58.6. The van der Waals surface area contributed by atoms with E-state index in [1.165, 1.54) is 77.0 Å². The van der Waals surface area contributed by atoms with Crippen molar-refractivity contribution in [3.8, 4) is 0 Å². The second-order valence-corrected chi connectivity index (χ2v) is 19.1. The lowest BCUT2D eigenvalue weighted by Gasteiger charge is -2.18. The number of allylic oxidation sites excluding steroid dienone is 18. The standard InChI is InChI=1S/C65H108O6/c1-4-7-10-13-16-19-22-25-28-30-31-32-33-35-37-40-43-46-49-52-55-58-64(67)70-61-62(60-69-63(66)57-54-51-48-45-42-39-36-27-24-21-18-15-12-9-6-3)71-65(68)59-56-53-50-47-44-41-38-34-29-26-23-20-17-14-11-8-5-2/h7,9-10,12,16,18-19,21,25-29,31-32,35-37,62H,4-6,8,11,13-15,17,20,22-24,30,33-34,38-61H2,1-3H3/b10-7-,12-9-,19-16-,21-18-,28-25-,29-26-,32-31-,36-27-,37-35-. The van der Waals surface area contributed by atoms with Gasteiger partial charge in [0, 0.05) is 19.3 Å². The molecular formula is C65H108O6. The summed E-state index contributed by atoms with van der Waals surface area (Å²) in [4.78, 5) is 38.2. The third kappa shape index (κ3) is 56.9. The minimum Gasteiger partial charge on any atom is -0.462 e. The van der Waals surface area contributed by atoms with Crippen LogP contribution in [0.4, 0.5) is 0 Å². The van der Waals surface area contributed by atoms with Crippen LogP contribution in [-0.2, 0) is 28.6 Å². The highest BCUT2D eigenvalue weighted by atomic mass is 16.6. The van der Waals surface area contributed by atoms with Gasteiger partial charge in [-0.2, -0.15) is 0 Å². The molecule has 1 unspecified atom stereocenters. The van der Waals surface area contributed by atoms with Crippen LogP contribution in [0.3, 0.4) is 0 Å². The molecule has 0 bridgehead atoms. The average Bonchev–Trinajstić information content (AvgIpc) is 3.37. The molecule has 6 nitrogen and oxygen atoms in total. The monoisotopic (exact) mass is 985 g/mol. The zero-order valence-corrected chi connectivity index (χ0v) is 46.2.